The molecule has 2 aromatic rings. The van der Waals surface area contributed by atoms with Gasteiger partial charge in [-0.15, -0.1) is 0 Å². The molecule has 1 N–H and O–H groups in total. The van der Waals surface area contributed by atoms with Crippen LogP contribution in [0.2, 0.25) is 0 Å². The number of methoxy groups -OCH3 is 1. The lowest BCUT2D eigenvalue weighted by Crippen LogP contribution is -2.19. The normalized spacial score (nSPS) is 10.6. The van der Waals surface area contributed by atoms with Crippen LogP contribution in [0.4, 0.5) is 4.39 Å². The smallest absolute Gasteiger partial charge is 0.343 e. The Labute approximate surface area is 163 Å². The van der Waals surface area contributed by atoms with Crippen molar-refractivity contribution in [1.82, 2.24) is 5.43 Å². The Bertz CT molecular complexity index is 809. The molecule has 0 aromatic heterocycles. The zero-order valence-corrected chi connectivity index (χ0v) is 16.0. The number of nitrogens with zero attached hydrogens (tertiary/aromatic N) is 1. The van der Waals surface area contributed by atoms with E-state index in [9.17, 15) is 14.0 Å². The van der Waals surface area contributed by atoms with E-state index in [4.69, 9.17) is 4.74 Å². The highest BCUT2D eigenvalue weighted by Gasteiger charge is 2.06. The summed E-state index contributed by atoms with van der Waals surface area (Å²) in [6.45, 7) is -0.167. The number of nitrogens with one attached hydrogen (secondary N) is 1. The van der Waals surface area contributed by atoms with Gasteiger partial charge in [0.05, 0.1) is 23.3 Å². The molecule has 0 unspecified atom stereocenters. The third kappa shape index (κ3) is 6.43. The number of halogens is 2. The van der Waals surface area contributed by atoms with Gasteiger partial charge in [-0.25, -0.2) is 14.6 Å². The highest BCUT2D eigenvalue weighted by molar-refractivity contribution is 14.1. The number of hydrogen-bond acceptors (Lipinski definition) is 5. The largest absolute Gasteiger partial charge is 0.481 e. The van der Waals surface area contributed by atoms with Crippen LogP contribution in [0.25, 0.3) is 0 Å². The standard InChI is InChI=1S/C18H16FIN2O4/c1-25-18(24)11-26-16-7-4-13(8-15(16)20)10-21-22-17(23)9-12-2-5-14(19)6-3-12/h2-8,10H,9,11H2,1H3,(H,22,23)/b21-10+. The van der Waals surface area contributed by atoms with Gasteiger partial charge in [0.15, 0.2) is 6.61 Å². The van der Waals surface area contributed by atoms with Crippen LogP contribution in [0, 0.1) is 9.39 Å². The second-order valence-corrected chi connectivity index (χ2v) is 6.31. The highest BCUT2D eigenvalue weighted by atomic mass is 127. The van der Waals surface area contributed by atoms with Crippen molar-refractivity contribution >= 4 is 40.7 Å². The minimum atomic E-state index is -0.463. The van der Waals surface area contributed by atoms with E-state index in [-0.39, 0.29) is 24.8 Å². The summed E-state index contributed by atoms with van der Waals surface area (Å²) in [4.78, 5) is 22.9. The molecule has 0 spiro atoms. The van der Waals surface area contributed by atoms with Crippen molar-refractivity contribution in [2.24, 2.45) is 5.10 Å². The molecular weight excluding hydrogens is 454 g/mol. The maximum absolute atomic E-state index is 12.8. The maximum atomic E-state index is 12.8. The van der Waals surface area contributed by atoms with Gasteiger partial charge in [-0.1, -0.05) is 12.1 Å². The number of hydrogen-bond donors (Lipinski definition) is 1. The number of benzene rings is 2. The Morgan fingerprint density at radius 3 is 2.62 bits per heavy atom. The Morgan fingerprint density at radius 1 is 1.23 bits per heavy atom. The van der Waals surface area contributed by atoms with E-state index in [2.05, 4.69) is 37.9 Å². The van der Waals surface area contributed by atoms with E-state index in [0.717, 1.165) is 9.13 Å². The van der Waals surface area contributed by atoms with Gasteiger partial charge in [0.2, 0.25) is 5.91 Å². The lowest BCUT2D eigenvalue weighted by atomic mass is 10.1. The third-order valence-corrected chi connectivity index (χ3v) is 4.05. The van der Waals surface area contributed by atoms with Gasteiger partial charge in [-0.05, 0) is 64.0 Å². The molecule has 2 aromatic carbocycles. The van der Waals surface area contributed by atoms with E-state index in [1.54, 1.807) is 30.3 Å². The first-order chi connectivity index (χ1) is 12.5. The van der Waals surface area contributed by atoms with Crippen LogP contribution >= 0.6 is 22.6 Å². The quantitative estimate of drug-likeness (QED) is 0.292. The Morgan fingerprint density at radius 2 is 1.96 bits per heavy atom. The number of amides is 1. The molecule has 0 heterocycles. The van der Waals surface area contributed by atoms with Gasteiger partial charge in [-0.3, -0.25) is 4.79 Å². The number of carbonyl (C=O) groups excluding carboxylic acids is 2. The van der Waals surface area contributed by atoms with Crippen molar-refractivity contribution in [2.45, 2.75) is 6.42 Å². The summed E-state index contributed by atoms with van der Waals surface area (Å²) >= 11 is 2.07. The molecule has 0 aliphatic rings. The molecule has 1 amide bonds. The molecule has 0 radical (unpaired) electrons. The first kappa shape index (κ1) is 19.8. The third-order valence-electron chi connectivity index (χ3n) is 3.21. The van der Waals surface area contributed by atoms with Crippen LogP contribution in [-0.2, 0) is 20.7 Å². The van der Waals surface area contributed by atoms with Gasteiger partial charge < -0.3 is 9.47 Å². The van der Waals surface area contributed by atoms with E-state index in [0.29, 0.717) is 11.3 Å². The van der Waals surface area contributed by atoms with E-state index in [1.807, 2.05) is 0 Å². The van der Waals surface area contributed by atoms with Crippen molar-refractivity contribution in [1.29, 1.82) is 0 Å². The summed E-state index contributed by atoms with van der Waals surface area (Å²) in [5.74, 6) is -0.565. The Balaban J connectivity index is 1.87. The number of ether oxygens (including phenoxy) is 2. The molecular formula is C18H16FIN2O4. The lowest BCUT2D eigenvalue weighted by Gasteiger charge is -2.07. The monoisotopic (exact) mass is 470 g/mol. The molecule has 6 nitrogen and oxygen atoms in total. The van der Waals surface area contributed by atoms with Gasteiger partial charge >= 0.3 is 5.97 Å². The summed E-state index contributed by atoms with van der Waals surface area (Å²) in [5, 5.41) is 3.90. The second-order valence-electron chi connectivity index (χ2n) is 5.15. The predicted octanol–water partition coefficient (Wildman–Crippen LogP) is 2.67. The molecule has 26 heavy (non-hydrogen) atoms. The molecule has 0 fully saturated rings. The number of rotatable bonds is 7. The van der Waals surface area contributed by atoms with Crippen LogP contribution in [0.1, 0.15) is 11.1 Å². The molecule has 0 aliphatic heterocycles. The topological polar surface area (TPSA) is 77.0 Å². The molecule has 136 valence electrons. The highest BCUT2D eigenvalue weighted by Crippen LogP contribution is 2.21. The molecule has 0 aliphatic carbocycles. The second kappa shape index (κ2) is 9.85. The first-order valence-electron chi connectivity index (χ1n) is 7.53. The van der Waals surface area contributed by atoms with Crippen LogP contribution in [0.15, 0.2) is 47.6 Å². The molecule has 0 saturated heterocycles. The summed E-state index contributed by atoms with van der Waals surface area (Å²) in [5.41, 5.74) is 3.86. The zero-order chi connectivity index (χ0) is 18.9. The Hall–Kier alpha value is -2.49. The predicted molar refractivity (Wildman–Crippen MR) is 103 cm³/mol. The molecule has 0 atom stereocenters. The number of carbonyl (C=O) groups is 2. The SMILES string of the molecule is COC(=O)COc1ccc(/C=N/NC(=O)Cc2ccc(F)cc2)cc1I. The van der Waals surface area contributed by atoms with Crippen LogP contribution in [-0.4, -0.2) is 31.8 Å². The summed E-state index contributed by atoms with van der Waals surface area (Å²) in [7, 11) is 1.29. The minimum Gasteiger partial charge on any atom is -0.481 e. The average molecular weight is 470 g/mol. The minimum absolute atomic E-state index is 0.107. The molecule has 0 bridgehead atoms. The van der Waals surface area contributed by atoms with Crippen molar-refractivity contribution < 1.29 is 23.5 Å². The van der Waals surface area contributed by atoms with Crippen LogP contribution in [0.5, 0.6) is 5.75 Å². The van der Waals surface area contributed by atoms with Crippen molar-refractivity contribution in [3.05, 3.63) is 63.0 Å². The fourth-order valence-electron chi connectivity index (χ4n) is 1.92. The van der Waals surface area contributed by atoms with E-state index >= 15 is 0 Å². The van der Waals surface area contributed by atoms with Crippen LogP contribution < -0.4 is 10.2 Å². The fraction of sp³-hybridized carbons (Fsp3) is 0.167. The maximum Gasteiger partial charge on any atom is 0.343 e. The lowest BCUT2D eigenvalue weighted by molar-refractivity contribution is -0.142. The fourth-order valence-corrected chi connectivity index (χ4v) is 2.61. The first-order valence-corrected chi connectivity index (χ1v) is 8.61. The summed E-state index contributed by atoms with van der Waals surface area (Å²) < 4.78 is 23.5. The summed E-state index contributed by atoms with van der Waals surface area (Å²) in [6, 6.07) is 10.9. The van der Waals surface area contributed by atoms with Gasteiger partial charge in [0.25, 0.3) is 0 Å². The van der Waals surface area contributed by atoms with Crippen molar-refractivity contribution in [3.63, 3.8) is 0 Å². The summed E-state index contributed by atoms with van der Waals surface area (Å²) in [6.07, 6.45) is 1.60. The van der Waals surface area contributed by atoms with Gasteiger partial charge in [0.1, 0.15) is 11.6 Å². The number of esters is 1. The molecule has 2 rings (SSSR count). The molecule has 8 heteroatoms. The van der Waals surface area contributed by atoms with E-state index in [1.165, 1.54) is 25.5 Å². The van der Waals surface area contributed by atoms with Crippen molar-refractivity contribution in [3.8, 4) is 5.75 Å². The van der Waals surface area contributed by atoms with Gasteiger partial charge in [0, 0.05) is 0 Å². The van der Waals surface area contributed by atoms with Crippen LogP contribution in [0.3, 0.4) is 0 Å². The number of hydrazone groups is 1. The zero-order valence-electron chi connectivity index (χ0n) is 13.9. The Kier molecular flexibility index (Phi) is 7.52. The average Bonchev–Trinajstić information content (AvgIpc) is 2.62. The molecule has 0 saturated carbocycles. The van der Waals surface area contributed by atoms with Gasteiger partial charge in [-0.2, -0.15) is 5.10 Å². The van der Waals surface area contributed by atoms with E-state index < -0.39 is 5.97 Å². The van der Waals surface area contributed by atoms with Crippen molar-refractivity contribution in [2.75, 3.05) is 13.7 Å².